The highest BCUT2D eigenvalue weighted by Gasteiger charge is 2.40. The van der Waals surface area contributed by atoms with Crippen LogP contribution in [-0.4, -0.2) is 59.6 Å². The third-order valence-electron chi connectivity index (χ3n) is 5.07. The molecule has 0 radical (unpaired) electrons. The van der Waals surface area contributed by atoms with Crippen LogP contribution in [0.1, 0.15) is 84.0 Å². The Balaban J connectivity index is 1.89. The van der Waals surface area contributed by atoms with Crippen LogP contribution in [0.3, 0.4) is 0 Å². The molecule has 4 atom stereocenters. The summed E-state index contributed by atoms with van der Waals surface area (Å²) in [6, 6.07) is 0. The number of ether oxygens (including phenoxy) is 2. The van der Waals surface area contributed by atoms with E-state index in [2.05, 4.69) is 6.92 Å². The number of hydrogen-bond donors (Lipinski definition) is 3. The Morgan fingerprint density at radius 1 is 0.880 bits per heavy atom. The summed E-state index contributed by atoms with van der Waals surface area (Å²) in [6.45, 7) is 2.72. The molecule has 0 spiro atoms. The van der Waals surface area contributed by atoms with E-state index in [0.29, 0.717) is 6.61 Å². The topological polar surface area (TPSA) is 79.2 Å². The molecule has 1 heterocycles. The van der Waals surface area contributed by atoms with Crippen LogP contribution < -0.4 is 0 Å². The van der Waals surface area contributed by atoms with Gasteiger partial charge in [0.15, 0.2) is 0 Å². The highest BCUT2D eigenvalue weighted by molar-refractivity contribution is 4.88. The maximum absolute atomic E-state index is 9.80. The van der Waals surface area contributed by atoms with Gasteiger partial charge in [0.25, 0.3) is 0 Å². The zero-order chi connectivity index (χ0) is 18.3. The van der Waals surface area contributed by atoms with Crippen LogP contribution in [0.5, 0.6) is 0 Å². The first kappa shape index (κ1) is 22.8. The first-order chi connectivity index (χ1) is 12.2. The molecule has 0 bridgehead atoms. The summed E-state index contributed by atoms with van der Waals surface area (Å²) in [5.74, 6) is 0. The first-order valence-corrected chi connectivity index (χ1v) is 10.4. The molecular formula is C20H40O5. The van der Waals surface area contributed by atoms with Crippen molar-refractivity contribution < 1.29 is 24.8 Å². The van der Waals surface area contributed by atoms with Crippen molar-refractivity contribution in [2.24, 2.45) is 0 Å². The third kappa shape index (κ3) is 9.90. The number of rotatable bonds is 16. The summed E-state index contributed by atoms with van der Waals surface area (Å²) < 4.78 is 10.9. The molecule has 1 saturated heterocycles. The summed E-state index contributed by atoms with van der Waals surface area (Å²) in [5.41, 5.74) is 0. The molecule has 1 fully saturated rings. The second kappa shape index (κ2) is 14.9. The molecule has 1 aliphatic heterocycles. The zero-order valence-electron chi connectivity index (χ0n) is 16.1. The molecule has 5 heteroatoms. The lowest BCUT2D eigenvalue weighted by atomic mass is 10.1. The fourth-order valence-corrected chi connectivity index (χ4v) is 3.38. The molecule has 3 N–H and O–H groups in total. The minimum Gasteiger partial charge on any atom is -0.394 e. The van der Waals surface area contributed by atoms with Gasteiger partial charge in [0, 0.05) is 6.61 Å². The number of aliphatic hydroxyl groups is 3. The minimum atomic E-state index is -0.973. The maximum Gasteiger partial charge on any atom is 0.114 e. The highest BCUT2D eigenvalue weighted by Crippen LogP contribution is 2.20. The molecule has 0 aliphatic carbocycles. The van der Waals surface area contributed by atoms with Crippen LogP contribution in [0.15, 0.2) is 0 Å². The van der Waals surface area contributed by atoms with E-state index in [1.165, 1.54) is 64.2 Å². The van der Waals surface area contributed by atoms with Gasteiger partial charge < -0.3 is 24.8 Å². The van der Waals surface area contributed by atoms with Gasteiger partial charge in [0.2, 0.25) is 0 Å². The molecule has 1 rings (SSSR count). The van der Waals surface area contributed by atoms with Crippen molar-refractivity contribution in [1.82, 2.24) is 0 Å². The van der Waals surface area contributed by atoms with Crippen LogP contribution in [-0.2, 0) is 9.47 Å². The van der Waals surface area contributed by atoms with Crippen LogP contribution in [0, 0.1) is 0 Å². The smallest absolute Gasteiger partial charge is 0.114 e. The molecule has 1 aliphatic rings. The number of unbranched alkanes of at least 4 members (excludes halogenated alkanes) is 11. The van der Waals surface area contributed by atoms with E-state index in [1.54, 1.807) is 0 Å². The molecular weight excluding hydrogens is 320 g/mol. The third-order valence-corrected chi connectivity index (χ3v) is 5.07. The summed E-state index contributed by atoms with van der Waals surface area (Å²) in [5, 5.41) is 28.7. The quantitative estimate of drug-likeness (QED) is 0.368. The average molecular weight is 361 g/mol. The van der Waals surface area contributed by atoms with Gasteiger partial charge in [0.1, 0.15) is 24.4 Å². The standard InChI is InChI=1S/C20H40O5/c1-2-3-4-5-6-7-8-9-10-11-12-13-14-24-18(15-21)20-19(23)17(22)16-25-20/h17-23H,2-16H2,1H3/t17-,18+,19+,20+/m1/s1. The molecule has 0 aromatic rings. The SMILES string of the molecule is CCCCCCCCCCCCCCO[C@@H](CO)[C@@H]1OC[C@@H](O)[C@@H]1O. The van der Waals surface area contributed by atoms with Crippen LogP contribution in [0.25, 0.3) is 0 Å². The van der Waals surface area contributed by atoms with Gasteiger partial charge in [-0.25, -0.2) is 0 Å². The van der Waals surface area contributed by atoms with Crippen molar-refractivity contribution in [2.45, 2.75) is 108 Å². The second-order valence-electron chi connectivity index (χ2n) is 7.34. The van der Waals surface area contributed by atoms with Crippen molar-refractivity contribution in [3.8, 4) is 0 Å². The Labute approximate surface area is 153 Å². The molecule has 0 saturated carbocycles. The van der Waals surface area contributed by atoms with Gasteiger partial charge in [-0.3, -0.25) is 0 Å². The van der Waals surface area contributed by atoms with Gasteiger partial charge in [-0.1, -0.05) is 77.6 Å². The fourth-order valence-electron chi connectivity index (χ4n) is 3.38. The van der Waals surface area contributed by atoms with Crippen molar-refractivity contribution in [2.75, 3.05) is 19.8 Å². The molecule has 0 aromatic heterocycles. The fraction of sp³-hybridized carbons (Fsp3) is 1.00. The molecule has 150 valence electrons. The Bertz CT molecular complexity index is 300. The normalized spacial score (nSPS) is 24.7. The van der Waals surface area contributed by atoms with Crippen molar-refractivity contribution in [1.29, 1.82) is 0 Å². The summed E-state index contributed by atoms with van der Waals surface area (Å²) in [7, 11) is 0. The van der Waals surface area contributed by atoms with E-state index < -0.39 is 24.4 Å². The Morgan fingerprint density at radius 2 is 1.40 bits per heavy atom. The largest absolute Gasteiger partial charge is 0.394 e. The van der Waals surface area contributed by atoms with Gasteiger partial charge >= 0.3 is 0 Å². The van der Waals surface area contributed by atoms with Crippen LogP contribution in [0.4, 0.5) is 0 Å². The monoisotopic (exact) mass is 360 g/mol. The maximum atomic E-state index is 9.80. The van der Waals surface area contributed by atoms with E-state index in [-0.39, 0.29) is 13.2 Å². The lowest BCUT2D eigenvalue weighted by Crippen LogP contribution is -2.42. The number of hydrogen-bond acceptors (Lipinski definition) is 5. The van der Waals surface area contributed by atoms with Gasteiger partial charge in [-0.05, 0) is 6.42 Å². The Morgan fingerprint density at radius 3 is 1.84 bits per heavy atom. The number of aliphatic hydroxyl groups excluding tert-OH is 3. The zero-order valence-corrected chi connectivity index (χ0v) is 16.1. The van der Waals surface area contributed by atoms with E-state index in [4.69, 9.17) is 9.47 Å². The summed E-state index contributed by atoms with van der Waals surface area (Å²) in [6.07, 6.45) is 12.5. The lowest BCUT2D eigenvalue weighted by Gasteiger charge is -2.24. The first-order valence-electron chi connectivity index (χ1n) is 10.4. The van der Waals surface area contributed by atoms with Crippen molar-refractivity contribution in [3.05, 3.63) is 0 Å². The van der Waals surface area contributed by atoms with Gasteiger partial charge in [-0.2, -0.15) is 0 Å². The van der Waals surface area contributed by atoms with E-state index >= 15 is 0 Å². The Kier molecular flexibility index (Phi) is 13.6. The minimum absolute atomic E-state index is 0.101. The summed E-state index contributed by atoms with van der Waals surface area (Å²) >= 11 is 0. The van der Waals surface area contributed by atoms with Crippen LogP contribution in [0.2, 0.25) is 0 Å². The van der Waals surface area contributed by atoms with Crippen molar-refractivity contribution >= 4 is 0 Å². The molecule has 0 unspecified atom stereocenters. The van der Waals surface area contributed by atoms with Crippen LogP contribution >= 0.6 is 0 Å². The van der Waals surface area contributed by atoms with E-state index in [0.717, 1.165) is 12.8 Å². The second-order valence-corrected chi connectivity index (χ2v) is 7.34. The molecule has 0 aromatic carbocycles. The van der Waals surface area contributed by atoms with Gasteiger partial charge in [0.05, 0.1) is 13.2 Å². The highest BCUT2D eigenvalue weighted by atomic mass is 16.6. The predicted octanol–water partition coefficient (Wildman–Crippen LogP) is 3.19. The average Bonchev–Trinajstić information content (AvgIpc) is 2.95. The van der Waals surface area contributed by atoms with E-state index in [9.17, 15) is 15.3 Å². The van der Waals surface area contributed by atoms with E-state index in [1.807, 2.05) is 0 Å². The van der Waals surface area contributed by atoms with Crippen molar-refractivity contribution in [3.63, 3.8) is 0 Å². The predicted molar refractivity (Wildman–Crippen MR) is 99.7 cm³/mol. The summed E-state index contributed by atoms with van der Waals surface area (Å²) in [4.78, 5) is 0. The molecule has 25 heavy (non-hydrogen) atoms. The van der Waals surface area contributed by atoms with Gasteiger partial charge in [-0.15, -0.1) is 0 Å². The lowest BCUT2D eigenvalue weighted by molar-refractivity contribution is -0.101. The Hall–Kier alpha value is -0.200. The molecule has 5 nitrogen and oxygen atoms in total. The molecule has 0 amide bonds.